The van der Waals surface area contributed by atoms with Gasteiger partial charge in [-0.1, -0.05) is 23.2 Å². The van der Waals surface area contributed by atoms with Crippen molar-refractivity contribution in [3.8, 4) is 11.8 Å². The molecule has 0 amide bonds. The first kappa shape index (κ1) is 20.6. The van der Waals surface area contributed by atoms with E-state index in [0.717, 1.165) is 23.3 Å². The van der Waals surface area contributed by atoms with Crippen LogP contribution < -0.4 is 5.32 Å². The summed E-state index contributed by atoms with van der Waals surface area (Å²) in [7, 11) is 0. The molecule has 3 heterocycles. The maximum atomic E-state index is 13.1. The lowest BCUT2D eigenvalue weighted by Gasteiger charge is -2.10. The van der Waals surface area contributed by atoms with Crippen LogP contribution in [0.15, 0.2) is 59.4 Å². The molecular weight excluding hydrogens is 431 g/mol. The first-order valence-corrected chi connectivity index (χ1v) is 9.96. The predicted octanol–water partition coefficient (Wildman–Crippen LogP) is 5.65. The molecule has 5 aromatic rings. The van der Waals surface area contributed by atoms with Crippen molar-refractivity contribution in [1.82, 2.24) is 19.8 Å². The van der Waals surface area contributed by atoms with E-state index < -0.39 is 11.7 Å². The number of halogens is 3. The number of nitrogens with one attached hydrogen (secondary N) is 1. The second kappa shape index (κ2) is 7.67. The Bertz CT molecular complexity index is 1570. The van der Waals surface area contributed by atoms with E-state index in [9.17, 15) is 13.2 Å². The number of nitrogens with zero attached hydrogens (tertiary/aromatic N) is 4. The van der Waals surface area contributed by atoms with Gasteiger partial charge in [-0.3, -0.25) is 0 Å². The number of rotatable bonds is 2. The Morgan fingerprint density at radius 1 is 1.03 bits per heavy atom. The summed E-state index contributed by atoms with van der Waals surface area (Å²) in [5.41, 5.74) is 3.63. The van der Waals surface area contributed by atoms with Gasteiger partial charge in [0.15, 0.2) is 17.0 Å². The zero-order valence-electron chi connectivity index (χ0n) is 17.5. The molecule has 0 bridgehead atoms. The van der Waals surface area contributed by atoms with Crippen molar-refractivity contribution in [3.63, 3.8) is 0 Å². The van der Waals surface area contributed by atoms with Crippen molar-refractivity contribution in [1.29, 1.82) is 0 Å². The minimum atomic E-state index is -4.44. The molecule has 33 heavy (non-hydrogen) atoms. The van der Waals surface area contributed by atoms with Gasteiger partial charge in [0.2, 0.25) is 0 Å². The highest BCUT2D eigenvalue weighted by Gasteiger charge is 2.30. The number of alkyl halides is 3. The molecule has 6 nitrogen and oxygen atoms in total. The molecule has 0 aliphatic heterocycles. The highest BCUT2D eigenvalue weighted by atomic mass is 19.4. The van der Waals surface area contributed by atoms with E-state index in [2.05, 4.69) is 32.4 Å². The van der Waals surface area contributed by atoms with E-state index in [-0.39, 0.29) is 5.69 Å². The van der Waals surface area contributed by atoms with Gasteiger partial charge in [0.1, 0.15) is 5.69 Å². The van der Waals surface area contributed by atoms with E-state index >= 15 is 0 Å². The summed E-state index contributed by atoms with van der Waals surface area (Å²) in [6.45, 7) is 3.79. The second-order valence-electron chi connectivity index (χ2n) is 7.51. The van der Waals surface area contributed by atoms with Gasteiger partial charge in [-0.15, -0.1) is 0 Å². The Morgan fingerprint density at radius 2 is 1.88 bits per heavy atom. The monoisotopic (exact) mass is 447 g/mol. The van der Waals surface area contributed by atoms with E-state index in [1.165, 1.54) is 12.1 Å². The third-order valence-electron chi connectivity index (χ3n) is 5.19. The lowest BCUT2D eigenvalue weighted by Crippen LogP contribution is -2.05. The Labute approximate surface area is 186 Å². The van der Waals surface area contributed by atoms with E-state index in [0.29, 0.717) is 33.7 Å². The van der Waals surface area contributed by atoms with Gasteiger partial charge in [-0.05, 0) is 61.2 Å². The van der Waals surface area contributed by atoms with Gasteiger partial charge in [0.05, 0.1) is 22.7 Å². The predicted molar refractivity (Wildman–Crippen MR) is 117 cm³/mol. The van der Waals surface area contributed by atoms with Crippen molar-refractivity contribution in [2.75, 3.05) is 5.32 Å². The van der Waals surface area contributed by atoms with Crippen molar-refractivity contribution >= 4 is 28.1 Å². The van der Waals surface area contributed by atoms with Crippen LogP contribution in [0.2, 0.25) is 0 Å². The maximum Gasteiger partial charge on any atom is 0.416 e. The third kappa shape index (κ3) is 3.76. The molecule has 1 N–H and O–H groups in total. The van der Waals surface area contributed by atoms with Crippen molar-refractivity contribution in [3.05, 3.63) is 82.8 Å². The van der Waals surface area contributed by atoms with Crippen molar-refractivity contribution < 1.29 is 17.7 Å². The first-order chi connectivity index (χ1) is 15.8. The number of hydrogen-bond acceptors (Lipinski definition) is 5. The molecule has 0 unspecified atom stereocenters. The molecule has 0 saturated heterocycles. The number of aromatic nitrogens is 4. The van der Waals surface area contributed by atoms with Crippen LogP contribution in [0.5, 0.6) is 0 Å². The van der Waals surface area contributed by atoms with Crippen LogP contribution in [0.1, 0.15) is 27.9 Å². The van der Waals surface area contributed by atoms with Crippen molar-refractivity contribution in [2.45, 2.75) is 20.0 Å². The summed E-state index contributed by atoms with van der Waals surface area (Å²) >= 11 is 0. The van der Waals surface area contributed by atoms with Crippen molar-refractivity contribution in [2.24, 2.45) is 0 Å². The van der Waals surface area contributed by atoms with Crippen LogP contribution in [-0.4, -0.2) is 19.8 Å². The Kier molecular flexibility index (Phi) is 4.78. The highest BCUT2D eigenvalue weighted by molar-refractivity contribution is 5.96. The number of imidazole rings is 1. The average molecular weight is 447 g/mol. The van der Waals surface area contributed by atoms with Crippen LogP contribution in [0.25, 0.3) is 16.6 Å². The lowest BCUT2D eigenvalue weighted by atomic mass is 10.0. The molecule has 3 aromatic heterocycles. The molecule has 164 valence electrons. The second-order valence-corrected chi connectivity index (χ2v) is 7.51. The molecule has 0 aliphatic carbocycles. The summed E-state index contributed by atoms with van der Waals surface area (Å²) in [6.07, 6.45) is -1.15. The molecule has 0 radical (unpaired) electrons. The standard InChI is InChI=1S/C24H16F3N5O/c1-14-11-15(2)21-22(19(14)9-8-18-13-28-20-7-4-10-29-32(18)20)33-31-23(21)30-17-6-3-5-16(12-17)24(25,26)27/h3-7,10-13H,1-2H3,(H,30,31). The van der Waals surface area contributed by atoms with E-state index in [1.807, 2.05) is 26.0 Å². The first-order valence-electron chi connectivity index (χ1n) is 9.96. The van der Waals surface area contributed by atoms with Gasteiger partial charge in [-0.25, -0.2) is 9.50 Å². The molecule has 0 saturated carbocycles. The number of hydrogen-bond donors (Lipinski definition) is 1. The van der Waals surface area contributed by atoms with Crippen LogP contribution in [0, 0.1) is 25.7 Å². The van der Waals surface area contributed by atoms with E-state index in [1.54, 1.807) is 23.0 Å². The van der Waals surface area contributed by atoms with Crippen LogP contribution >= 0.6 is 0 Å². The summed E-state index contributed by atoms with van der Waals surface area (Å²) in [6, 6.07) is 10.5. The third-order valence-corrected chi connectivity index (χ3v) is 5.19. The fraction of sp³-hybridized carbons (Fsp3) is 0.125. The minimum Gasteiger partial charge on any atom is -0.353 e. The molecule has 5 rings (SSSR count). The van der Waals surface area contributed by atoms with Gasteiger partial charge in [-0.2, -0.15) is 18.3 Å². The number of anilines is 2. The molecule has 2 aromatic carbocycles. The summed E-state index contributed by atoms with van der Waals surface area (Å²) < 4.78 is 46.4. The fourth-order valence-electron chi connectivity index (χ4n) is 3.67. The summed E-state index contributed by atoms with van der Waals surface area (Å²) in [5, 5.41) is 11.9. The molecule has 9 heteroatoms. The number of aryl methyl sites for hydroxylation is 2. The zero-order valence-corrected chi connectivity index (χ0v) is 17.5. The topological polar surface area (TPSA) is 68.2 Å². The van der Waals surface area contributed by atoms with Gasteiger partial charge in [0, 0.05) is 11.9 Å². The van der Waals surface area contributed by atoms with Gasteiger partial charge < -0.3 is 9.84 Å². The largest absolute Gasteiger partial charge is 0.416 e. The minimum absolute atomic E-state index is 0.254. The average Bonchev–Trinajstić information content (AvgIpc) is 3.38. The molecular formula is C24H16F3N5O. The normalized spacial score (nSPS) is 11.5. The van der Waals surface area contributed by atoms with Crippen LogP contribution in [0.4, 0.5) is 24.7 Å². The Morgan fingerprint density at radius 3 is 2.70 bits per heavy atom. The fourth-order valence-corrected chi connectivity index (χ4v) is 3.67. The quantitative estimate of drug-likeness (QED) is 0.354. The molecule has 0 fully saturated rings. The molecule has 0 aliphatic rings. The highest BCUT2D eigenvalue weighted by Crippen LogP contribution is 2.35. The van der Waals surface area contributed by atoms with Crippen LogP contribution in [0.3, 0.4) is 0 Å². The molecule has 0 spiro atoms. The van der Waals surface area contributed by atoms with Gasteiger partial charge in [0.25, 0.3) is 0 Å². The number of benzene rings is 2. The van der Waals surface area contributed by atoms with E-state index in [4.69, 9.17) is 4.52 Å². The Balaban J connectivity index is 1.57. The number of fused-ring (bicyclic) bond motifs is 2. The summed E-state index contributed by atoms with van der Waals surface area (Å²) in [4.78, 5) is 4.28. The Hall–Kier alpha value is -4.32. The van der Waals surface area contributed by atoms with Crippen LogP contribution in [-0.2, 0) is 6.18 Å². The van der Waals surface area contributed by atoms with Gasteiger partial charge >= 0.3 is 6.18 Å². The summed E-state index contributed by atoms with van der Waals surface area (Å²) in [5.74, 6) is 6.52. The maximum absolute atomic E-state index is 13.1. The zero-order chi connectivity index (χ0) is 23.2. The lowest BCUT2D eigenvalue weighted by molar-refractivity contribution is -0.137. The molecule has 0 atom stereocenters. The smallest absolute Gasteiger partial charge is 0.353 e. The SMILES string of the molecule is Cc1cc(C)c2c(Nc3cccc(C(F)(F)F)c3)noc2c1C#Cc1cnc2cccnn12.